The average molecular weight is 322 g/mol. The van der Waals surface area contributed by atoms with Crippen LogP contribution in [0.2, 0.25) is 0 Å². The Morgan fingerprint density at radius 2 is 1.78 bits per heavy atom. The van der Waals surface area contributed by atoms with Gasteiger partial charge in [0, 0.05) is 18.7 Å². The molecule has 0 aromatic carbocycles. The van der Waals surface area contributed by atoms with E-state index in [4.69, 9.17) is 4.74 Å². The average Bonchev–Trinajstić information content (AvgIpc) is 2.69. The molecule has 130 valence electrons. The van der Waals surface area contributed by atoms with Gasteiger partial charge in [0.2, 0.25) is 0 Å². The zero-order valence-electron chi connectivity index (χ0n) is 14.7. The lowest BCUT2D eigenvalue weighted by atomic mass is 9.84. The second kappa shape index (κ2) is 7.95. The number of hydrogen-bond acceptors (Lipinski definition) is 4. The number of carbonyl (C=O) groups is 2. The molecule has 0 saturated heterocycles. The summed E-state index contributed by atoms with van der Waals surface area (Å²) in [5.41, 5.74) is 0.410. The molecule has 0 aromatic rings. The number of hydrogen-bond donors (Lipinski definition) is 1. The first-order valence-corrected chi connectivity index (χ1v) is 8.99. The van der Waals surface area contributed by atoms with E-state index < -0.39 is 5.60 Å². The maximum atomic E-state index is 12.7. The van der Waals surface area contributed by atoms with Gasteiger partial charge in [0.1, 0.15) is 5.60 Å². The van der Waals surface area contributed by atoms with Crippen LogP contribution in [0.3, 0.4) is 0 Å². The Labute approximate surface area is 139 Å². The summed E-state index contributed by atoms with van der Waals surface area (Å²) in [6, 6.07) is 0. The molecule has 1 amide bonds. The molecule has 23 heavy (non-hydrogen) atoms. The Hall–Kier alpha value is -1.36. The van der Waals surface area contributed by atoms with Crippen molar-refractivity contribution in [1.29, 1.82) is 0 Å². The van der Waals surface area contributed by atoms with Gasteiger partial charge < -0.3 is 15.0 Å². The summed E-state index contributed by atoms with van der Waals surface area (Å²) in [7, 11) is 0. The molecule has 2 rings (SSSR count). The Balaban J connectivity index is 2.07. The van der Waals surface area contributed by atoms with Crippen LogP contribution in [0.4, 0.5) is 0 Å². The summed E-state index contributed by atoms with van der Waals surface area (Å²) < 4.78 is 5.70. The summed E-state index contributed by atoms with van der Waals surface area (Å²) in [4.78, 5) is 27.1. The van der Waals surface area contributed by atoms with Crippen LogP contribution in [-0.4, -0.2) is 48.6 Å². The van der Waals surface area contributed by atoms with E-state index in [1.165, 1.54) is 0 Å². The smallest absolute Gasteiger partial charge is 0.335 e. The first-order valence-electron chi connectivity index (χ1n) is 8.99. The van der Waals surface area contributed by atoms with Gasteiger partial charge in [0.05, 0.1) is 5.57 Å². The molecule has 1 aliphatic heterocycles. The normalized spacial score (nSPS) is 20.8. The van der Waals surface area contributed by atoms with Crippen molar-refractivity contribution in [2.45, 2.75) is 64.9 Å². The number of nitrogens with zero attached hydrogens (tertiary/aromatic N) is 1. The zero-order chi connectivity index (χ0) is 16.9. The van der Waals surface area contributed by atoms with Crippen molar-refractivity contribution in [1.82, 2.24) is 10.2 Å². The third kappa shape index (κ3) is 3.94. The maximum absolute atomic E-state index is 12.7. The van der Waals surface area contributed by atoms with Gasteiger partial charge in [-0.15, -0.1) is 0 Å². The molecule has 1 spiro atoms. The fourth-order valence-electron chi connectivity index (χ4n) is 3.73. The molecule has 0 atom stereocenters. The van der Waals surface area contributed by atoms with Crippen LogP contribution in [0.15, 0.2) is 11.1 Å². The second-order valence-corrected chi connectivity index (χ2v) is 6.58. The lowest BCUT2D eigenvalue weighted by Gasteiger charge is -2.29. The van der Waals surface area contributed by atoms with Crippen LogP contribution >= 0.6 is 0 Å². The zero-order valence-corrected chi connectivity index (χ0v) is 14.7. The molecular weight excluding hydrogens is 292 g/mol. The highest BCUT2D eigenvalue weighted by molar-refractivity contribution is 6.07. The van der Waals surface area contributed by atoms with Gasteiger partial charge in [-0.25, -0.2) is 4.79 Å². The van der Waals surface area contributed by atoms with E-state index in [2.05, 4.69) is 24.1 Å². The predicted molar refractivity (Wildman–Crippen MR) is 90.0 cm³/mol. The molecular formula is C18H30N2O3. The number of rotatable bonds is 6. The predicted octanol–water partition coefficient (Wildman–Crippen LogP) is 2.41. The van der Waals surface area contributed by atoms with E-state index in [-0.39, 0.29) is 11.9 Å². The molecule has 1 heterocycles. The highest BCUT2D eigenvalue weighted by Crippen LogP contribution is 2.42. The molecule has 0 bridgehead atoms. The van der Waals surface area contributed by atoms with E-state index in [1.54, 1.807) is 6.92 Å². The van der Waals surface area contributed by atoms with Crippen LogP contribution in [0.5, 0.6) is 0 Å². The molecule has 5 heteroatoms. The monoisotopic (exact) mass is 322 g/mol. The van der Waals surface area contributed by atoms with Gasteiger partial charge in [0.25, 0.3) is 5.91 Å². The fourth-order valence-corrected chi connectivity index (χ4v) is 3.73. The van der Waals surface area contributed by atoms with Gasteiger partial charge in [0.15, 0.2) is 0 Å². The summed E-state index contributed by atoms with van der Waals surface area (Å²) in [5.74, 6) is -0.441. The van der Waals surface area contributed by atoms with E-state index in [0.717, 1.165) is 58.2 Å². The van der Waals surface area contributed by atoms with Crippen molar-refractivity contribution < 1.29 is 14.3 Å². The van der Waals surface area contributed by atoms with Crippen LogP contribution < -0.4 is 5.32 Å². The maximum Gasteiger partial charge on any atom is 0.335 e. The molecule has 0 unspecified atom stereocenters. The largest absolute Gasteiger partial charge is 0.451 e. The van der Waals surface area contributed by atoms with Gasteiger partial charge in [-0.2, -0.15) is 0 Å². The van der Waals surface area contributed by atoms with Crippen LogP contribution in [-0.2, 0) is 14.3 Å². The molecule has 1 saturated carbocycles. The van der Waals surface area contributed by atoms with Gasteiger partial charge >= 0.3 is 5.97 Å². The number of esters is 1. The van der Waals surface area contributed by atoms with E-state index in [1.807, 2.05) is 0 Å². The van der Waals surface area contributed by atoms with Crippen molar-refractivity contribution in [2.75, 3.05) is 26.2 Å². The van der Waals surface area contributed by atoms with Gasteiger partial charge in [-0.05, 0) is 45.7 Å². The van der Waals surface area contributed by atoms with E-state index in [9.17, 15) is 9.59 Å². The number of likely N-dealkylation sites (N-methyl/N-ethyl adjacent to an activating group) is 1. The first kappa shape index (κ1) is 18.0. The Morgan fingerprint density at radius 1 is 1.17 bits per heavy atom. The summed E-state index contributed by atoms with van der Waals surface area (Å²) in [6.45, 7) is 9.32. The molecule has 1 fully saturated rings. The van der Waals surface area contributed by atoms with E-state index in [0.29, 0.717) is 17.7 Å². The van der Waals surface area contributed by atoms with Crippen molar-refractivity contribution in [3.8, 4) is 0 Å². The highest BCUT2D eigenvalue weighted by Gasteiger charge is 2.48. The lowest BCUT2D eigenvalue weighted by molar-refractivity contribution is -0.148. The van der Waals surface area contributed by atoms with Crippen LogP contribution in [0.25, 0.3) is 0 Å². The molecule has 0 radical (unpaired) electrons. The van der Waals surface area contributed by atoms with Crippen molar-refractivity contribution in [2.24, 2.45) is 0 Å². The fraction of sp³-hybridized carbons (Fsp3) is 0.778. The second-order valence-electron chi connectivity index (χ2n) is 6.58. The highest BCUT2D eigenvalue weighted by atomic mass is 16.6. The minimum absolute atomic E-state index is 0.123. The Morgan fingerprint density at radius 3 is 2.35 bits per heavy atom. The number of nitrogens with one attached hydrogen (secondary N) is 1. The standard InChI is InChI=1S/C18H30N2O3/c1-4-20(5-2)13-12-19-16(21)15-14(3)17(22)23-18(15)10-8-6-7-9-11-18/h4-13H2,1-3H3,(H,19,21). The Kier molecular flexibility index (Phi) is 6.22. The topological polar surface area (TPSA) is 58.6 Å². The SMILES string of the molecule is CCN(CC)CCNC(=O)C1=C(C)C(=O)OC12CCCCCC2. The molecule has 2 aliphatic rings. The molecule has 0 aromatic heterocycles. The lowest BCUT2D eigenvalue weighted by Crippen LogP contribution is -2.41. The van der Waals surface area contributed by atoms with Crippen molar-refractivity contribution in [3.63, 3.8) is 0 Å². The first-order chi connectivity index (χ1) is 11.0. The Bertz CT molecular complexity index is 473. The number of carbonyl (C=O) groups excluding carboxylic acids is 2. The summed E-state index contributed by atoms with van der Waals surface area (Å²) in [6.07, 6.45) is 5.86. The third-order valence-electron chi connectivity index (χ3n) is 5.17. The molecule has 1 N–H and O–H groups in total. The van der Waals surface area contributed by atoms with Gasteiger partial charge in [-0.1, -0.05) is 26.7 Å². The minimum Gasteiger partial charge on any atom is -0.451 e. The summed E-state index contributed by atoms with van der Waals surface area (Å²) >= 11 is 0. The number of amides is 1. The van der Waals surface area contributed by atoms with Crippen molar-refractivity contribution >= 4 is 11.9 Å². The number of ether oxygens (including phenoxy) is 1. The van der Waals surface area contributed by atoms with Crippen LogP contribution in [0, 0.1) is 0 Å². The molecule has 5 nitrogen and oxygen atoms in total. The van der Waals surface area contributed by atoms with Crippen LogP contribution in [0.1, 0.15) is 59.3 Å². The van der Waals surface area contributed by atoms with Gasteiger partial charge in [-0.3, -0.25) is 4.79 Å². The summed E-state index contributed by atoms with van der Waals surface area (Å²) in [5, 5.41) is 3.00. The third-order valence-corrected chi connectivity index (χ3v) is 5.17. The molecule has 1 aliphatic carbocycles. The quantitative estimate of drug-likeness (QED) is 0.763. The minimum atomic E-state index is -0.670. The van der Waals surface area contributed by atoms with Crippen molar-refractivity contribution in [3.05, 3.63) is 11.1 Å². The van der Waals surface area contributed by atoms with E-state index >= 15 is 0 Å².